The predicted molar refractivity (Wildman–Crippen MR) is 61.4 cm³/mol. The van der Waals surface area contributed by atoms with E-state index in [4.69, 9.17) is 15.9 Å². The second-order valence-electron chi connectivity index (χ2n) is 4.08. The van der Waals surface area contributed by atoms with Crippen molar-refractivity contribution < 1.29 is 9.47 Å². The maximum Gasteiger partial charge on any atom is 0.159 e. The molecule has 1 aliphatic rings. The molecule has 0 N–H and O–H groups in total. The molecule has 1 rings (SSSR count). The van der Waals surface area contributed by atoms with E-state index >= 15 is 0 Å². The average Bonchev–Trinajstić information content (AvgIpc) is 2.29. The zero-order valence-corrected chi connectivity index (χ0v) is 9.71. The lowest BCUT2D eigenvalue weighted by Gasteiger charge is -2.25. The Balaban J connectivity index is 2.17. The van der Waals surface area contributed by atoms with Crippen LogP contribution in [-0.2, 0) is 9.47 Å². The summed E-state index contributed by atoms with van der Waals surface area (Å²) in [6, 6.07) is 0. The van der Waals surface area contributed by atoms with Crippen molar-refractivity contribution in [3.63, 3.8) is 0 Å². The van der Waals surface area contributed by atoms with Crippen LogP contribution >= 0.6 is 0 Å². The first-order valence-electron chi connectivity index (χ1n) is 6.10. The van der Waals surface area contributed by atoms with Gasteiger partial charge in [-0.05, 0) is 32.1 Å². The van der Waals surface area contributed by atoms with Gasteiger partial charge in [0.25, 0.3) is 0 Å². The third-order valence-corrected chi connectivity index (χ3v) is 2.71. The Kier molecular flexibility index (Phi) is 6.47. The summed E-state index contributed by atoms with van der Waals surface area (Å²) in [5.41, 5.74) is 0. The molecule has 0 aromatic heterocycles. The minimum atomic E-state index is -0.0559. The molecular formula is C13H22O2. The molecule has 0 unspecified atom stereocenters. The number of terminal acetylenes is 1. The van der Waals surface area contributed by atoms with E-state index in [1.807, 2.05) is 0 Å². The maximum absolute atomic E-state index is 5.73. The molecule has 0 saturated carbocycles. The van der Waals surface area contributed by atoms with Crippen LogP contribution in [0, 0.1) is 12.3 Å². The summed E-state index contributed by atoms with van der Waals surface area (Å²) in [6.45, 7) is 3.01. The highest BCUT2D eigenvalue weighted by atomic mass is 16.7. The summed E-state index contributed by atoms with van der Waals surface area (Å²) in [4.78, 5) is 0. The summed E-state index contributed by atoms with van der Waals surface area (Å²) in [6.07, 6.45) is 13.2. The van der Waals surface area contributed by atoms with Crippen LogP contribution in [0.1, 0.15) is 51.9 Å². The van der Waals surface area contributed by atoms with Crippen LogP contribution in [0.2, 0.25) is 0 Å². The van der Waals surface area contributed by atoms with Crippen molar-refractivity contribution >= 4 is 0 Å². The Hall–Kier alpha value is -0.520. The van der Waals surface area contributed by atoms with Crippen molar-refractivity contribution in [3.8, 4) is 12.3 Å². The van der Waals surface area contributed by atoms with Crippen LogP contribution < -0.4 is 0 Å². The molecule has 0 spiro atoms. The Morgan fingerprint density at radius 3 is 2.93 bits per heavy atom. The molecule has 15 heavy (non-hydrogen) atoms. The Labute approximate surface area is 93.3 Å². The smallest absolute Gasteiger partial charge is 0.159 e. The number of rotatable bonds is 6. The zero-order chi connectivity index (χ0) is 10.9. The molecule has 0 aromatic carbocycles. The van der Waals surface area contributed by atoms with Crippen molar-refractivity contribution in [2.75, 3.05) is 6.61 Å². The second kappa shape index (κ2) is 7.73. The summed E-state index contributed by atoms with van der Waals surface area (Å²) < 4.78 is 11.2. The van der Waals surface area contributed by atoms with Gasteiger partial charge in [0.1, 0.15) is 6.10 Å². The topological polar surface area (TPSA) is 18.5 Å². The quantitative estimate of drug-likeness (QED) is 0.495. The van der Waals surface area contributed by atoms with E-state index in [0.717, 1.165) is 32.3 Å². The first-order valence-corrected chi connectivity index (χ1v) is 6.10. The number of ether oxygens (including phenoxy) is 2. The molecule has 2 atom stereocenters. The lowest BCUT2D eigenvalue weighted by molar-refractivity contribution is -0.177. The van der Waals surface area contributed by atoms with Gasteiger partial charge in [-0.15, -0.1) is 6.42 Å². The van der Waals surface area contributed by atoms with Gasteiger partial charge in [-0.3, -0.25) is 0 Å². The van der Waals surface area contributed by atoms with Crippen LogP contribution in [-0.4, -0.2) is 19.0 Å². The van der Waals surface area contributed by atoms with Gasteiger partial charge < -0.3 is 9.47 Å². The molecule has 86 valence electrons. The zero-order valence-electron chi connectivity index (χ0n) is 9.71. The number of hydrogen-bond acceptors (Lipinski definition) is 2. The van der Waals surface area contributed by atoms with Crippen molar-refractivity contribution in [2.24, 2.45) is 0 Å². The van der Waals surface area contributed by atoms with E-state index in [1.165, 1.54) is 19.3 Å². The van der Waals surface area contributed by atoms with Gasteiger partial charge in [-0.2, -0.15) is 0 Å². The highest BCUT2D eigenvalue weighted by Crippen LogP contribution is 2.17. The fourth-order valence-electron chi connectivity index (χ4n) is 1.77. The highest BCUT2D eigenvalue weighted by Gasteiger charge is 2.17. The minimum Gasteiger partial charge on any atom is -0.353 e. The lowest BCUT2D eigenvalue weighted by Crippen LogP contribution is -2.27. The fourth-order valence-corrected chi connectivity index (χ4v) is 1.77. The predicted octanol–water partition coefficient (Wildman–Crippen LogP) is 3.11. The molecular weight excluding hydrogens is 188 g/mol. The molecule has 1 heterocycles. The number of hydrogen-bond donors (Lipinski definition) is 0. The van der Waals surface area contributed by atoms with Gasteiger partial charge in [-0.1, -0.05) is 25.7 Å². The van der Waals surface area contributed by atoms with Crippen molar-refractivity contribution in [1.82, 2.24) is 0 Å². The van der Waals surface area contributed by atoms with Gasteiger partial charge in [0.15, 0.2) is 6.29 Å². The second-order valence-corrected chi connectivity index (χ2v) is 4.08. The van der Waals surface area contributed by atoms with E-state index in [1.54, 1.807) is 0 Å². The van der Waals surface area contributed by atoms with Gasteiger partial charge in [0, 0.05) is 6.61 Å². The third-order valence-electron chi connectivity index (χ3n) is 2.71. The monoisotopic (exact) mass is 210 g/mol. The van der Waals surface area contributed by atoms with Gasteiger partial charge in [0.2, 0.25) is 0 Å². The molecule has 2 nitrogen and oxygen atoms in total. The molecule has 0 aromatic rings. The summed E-state index contributed by atoms with van der Waals surface area (Å²) in [5, 5.41) is 0. The van der Waals surface area contributed by atoms with E-state index < -0.39 is 0 Å². The molecule has 0 amide bonds. The fraction of sp³-hybridized carbons (Fsp3) is 0.846. The van der Waals surface area contributed by atoms with Crippen molar-refractivity contribution in [1.29, 1.82) is 0 Å². The maximum atomic E-state index is 5.73. The van der Waals surface area contributed by atoms with Gasteiger partial charge in [0.05, 0.1) is 0 Å². The van der Waals surface area contributed by atoms with Gasteiger partial charge in [-0.25, -0.2) is 0 Å². The largest absolute Gasteiger partial charge is 0.353 e. The molecule has 0 aliphatic carbocycles. The van der Waals surface area contributed by atoms with Crippen LogP contribution in [0.3, 0.4) is 0 Å². The normalized spacial score (nSPS) is 23.3. The van der Waals surface area contributed by atoms with Crippen LogP contribution in [0.5, 0.6) is 0 Å². The first-order chi connectivity index (χ1) is 7.36. The van der Waals surface area contributed by atoms with E-state index in [9.17, 15) is 0 Å². The lowest BCUT2D eigenvalue weighted by atomic mass is 10.1. The number of unbranched alkanes of at least 4 members (excludes halogenated alkanes) is 2. The van der Waals surface area contributed by atoms with E-state index in [-0.39, 0.29) is 12.4 Å². The first kappa shape index (κ1) is 12.5. The van der Waals surface area contributed by atoms with Crippen LogP contribution in [0.15, 0.2) is 0 Å². The molecule has 1 aliphatic heterocycles. The minimum absolute atomic E-state index is 0.0542. The Bertz CT molecular complexity index is 189. The highest BCUT2D eigenvalue weighted by molar-refractivity contribution is 4.94. The van der Waals surface area contributed by atoms with Crippen molar-refractivity contribution in [3.05, 3.63) is 0 Å². The third kappa shape index (κ3) is 5.20. The van der Waals surface area contributed by atoms with Gasteiger partial charge >= 0.3 is 0 Å². The van der Waals surface area contributed by atoms with E-state index in [0.29, 0.717) is 0 Å². The SMILES string of the molecule is C#C[C@@H](CCCCC)O[C@@H]1CCCCO1. The molecule has 0 bridgehead atoms. The molecule has 0 radical (unpaired) electrons. The molecule has 1 saturated heterocycles. The molecule has 1 fully saturated rings. The Morgan fingerprint density at radius 1 is 1.47 bits per heavy atom. The standard InChI is InChI=1S/C13H22O2/c1-3-5-6-9-12(4-2)15-13-10-7-8-11-14-13/h2,12-13H,3,5-11H2,1H3/t12-,13+/m0/s1. The van der Waals surface area contributed by atoms with Crippen LogP contribution in [0.25, 0.3) is 0 Å². The summed E-state index contributed by atoms with van der Waals surface area (Å²) >= 11 is 0. The van der Waals surface area contributed by atoms with E-state index in [2.05, 4.69) is 12.8 Å². The van der Waals surface area contributed by atoms with Crippen molar-refractivity contribution in [2.45, 2.75) is 64.3 Å². The average molecular weight is 210 g/mol. The molecule has 2 heteroatoms. The summed E-state index contributed by atoms with van der Waals surface area (Å²) in [5.74, 6) is 2.71. The Morgan fingerprint density at radius 2 is 2.33 bits per heavy atom. The van der Waals surface area contributed by atoms with Crippen LogP contribution in [0.4, 0.5) is 0 Å². The summed E-state index contributed by atoms with van der Waals surface area (Å²) in [7, 11) is 0.